The van der Waals surface area contributed by atoms with Crippen molar-refractivity contribution in [1.29, 1.82) is 0 Å². The Morgan fingerprint density at radius 2 is 0.720 bits per heavy atom. The zero-order valence-corrected chi connectivity index (χ0v) is 59.4. The van der Waals surface area contributed by atoms with Crippen LogP contribution in [-0.4, -0.2) is 159 Å². The van der Waals surface area contributed by atoms with Gasteiger partial charge in [-0.25, -0.2) is 33.6 Å². The number of carbonyl (C=O) groups excluding carboxylic acids is 3. The predicted molar refractivity (Wildman–Crippen MR) is 376 cm³/mol. The lowest BCUT2D eigenvalue weighted by Crippen LogP contribution is -2.24. The molecule has 0 unspecified atom stereocenters. The number of amides is 3. The molecule has 12 aromatic heterocycles. The van der Waals surface area contributed by atoms with E-state index in [0.29, 0.717) is 87.7 Å². The number of anilines is 3. The molecule has 3 aliphatic carbocycles. The van der Waals surface area contributed by atoms with E-state index >= 15 is 0 Å². The molecule has 37 nitrogen and oxygen atoms in total. The molecule has 3 fully saturated rings. The molecule has 0 atom stereocenters. The van der Waals surface area contributed by atoms with Crippen molar-refractivity contribution in [3.63, 3.8) is 0 Å². The molecule has 0 radical (unpaired) electrons. The second-order valence-electron chi connectivity index (χ2n) is 25.5. The smallest absolute Gasteiger partial charge is 0.444 e. The Labute approximate surface area is 609 Å². The third-order valence-electron chi connectivity index (χ3n) is 18.5. The van der Waals surface area contributed by atoms with Gasteiger partial charge in [-0.1, -0.05) is 0 Å². The average molecular weight is 1480 g/mol. The van der Waals surface area contributed by atoms with Crippen molar-refractivity contribution in [3.05, 3.63) is 147 Å². The van der Waals surface area contributed by atoms with Crippen LogP contribution < -0.4 is 16.0 Å². The number of oxazole rings is 3. The van der Waals surface area contributed by atoms with Crippen LogP contribution in [0.25, 0.3) is 68.5 Å². The van der Waals surface area contributed by atoms with E-state index < -0.39 is 45.7 Å². The number of nitrogens with zero attached hydrogens (tertiary/aromatic N) is 21. The summed E-state index contributed by atoms with van der Waals surface area (Å²) in [6.07, 6.45) is 42.7. The highest BCUT2D eigenvalue weighted by atomic mass is 31.2. The van der Waals surface area contributed by atoms with Crippen molar-refractivity contribution >= 4 is 42.6 Å². The first kappa shape index (κ1) is 71.2. The zero-order chi connectivity index (χ0) is 73.2. The van der Waals surface area contributed by atoms with Gasteiger partial charge in [-0.2, -0.15) is 30.6 Å². The Kier molecular flexibility index (Phi) is 21.6. The summed E-state index contributed by atoms with van der Waals surface area (Å²) in [6, 6.07) is 0.247. The lowest BCUT2D eigenvalue weighted by Gasteiger charge is -2.28. The Balaban J connectivity index is 0.624. The molecule has 107 heavy (non-hydrogen) atoms. The quantitative estimate of drug-likeness (QED) is 0.0352. The Morgan fingerprint density at radius 3 is 0.991 bits per heavy atom. The SMILES string of the molecule is CCOC1CCC(n2cc(NC(=O)c3coc(-c4cnn(COP(=O)(OCn5cc(-c6nc(C(=O)Nc7cn(C8CCC(OCC)CC8)nc7-c7cnccn7)co6)cn5)OCn5cc(-c6nc(C(=O)Nc7cn(C8CCC(OCC)CC8)nc7-c7cnccn7)co6)cn5)c4)n3)c(-c3cnccn3)n2)CC1. The van der Waals surface area contributed by atoms with Gasteiger partial charge in [-0.3, -0.25) is 71.9 Å². The minimum Gasteiger partial charge on any atom is -0.444 e. The van der Waals surface area contributed by atoms with Crippen LogP contribution >= 0.6 is 7.82 Å². The number of phosphoric acid groups is 1. The summed E-state index contributed by atoms with van der Waals surface area (Å²) in [5.41, 5.74) is 4.81. The topological polar surface area (TPSA) is 422 Å². The first-order valence-corrected chi connectivity index (χ1v) is 36.7. The molecule has 0 spiro atoms. The lowest BCUT2D eigenvalue weighted by molar-refractivity contribution is 0.0258. The number of hydrogen-bond donors (Lipinski definition) is 3. The standard InChI is InChI=1S/C69H75N24O13P/c1-4-98-49-13-7-46(8-14-49)91-34-55(61(85-91)52-28-70-19-22-73-52)79-64(94)58-37-101-67(82-58)43-25-76-88(31-43)40-104-107(97,105-41-89-32-44(26-77-89)68-83-59(38-102-68)65(95)80-56-35-92(47-9-15-50(16-10-47)99-5-2)86-62(56)53-29-71-20-23-74-53)106-42-90-33-45(27-78-90)69-84-60(39-103-69)66(96)81-57-36-93(48-11-17-51(18-12-48)100-6-3)87-63(57)54-30-72-21-24-75-54/h19-39,46-51H,4-18,40-42H2,1-3H3,(H,79,94)(H,80,95)(H,81,96). The maximum absolute atomic E-state index is 14.9. The predicted octanol–water partition coefficient (Wildman–Crippen LogP) is 10.9. The van der Waals surface area contributed by atoms with Gasteiger partial charge < -0.3 is 43.4 Å². The van der Waals surface area contributed by atoms with Crippen LogP contribution in [0, 0.1) is 0 Å². The highest BCUT2D eigenvalue weighted by Crippen LogP contribution is 2.51. The van der Waals surface area contributed by atoms with Crippen LogP contribution in [0.5, 0.6) is 0 Å². The van der Waals surface area contributed by atoms with Crippen LogP contribution in [0.1, 0.15) is 147 Å². The van der Waals surface area contributed by atoms with E-state index in [1.54, 1.807) is 74.4 Å². The average Bonchev–Trinajstić information content (AvgIpc) is 1.64. The van der Waals surface area contributed by atoms with Crippen LogP contribution in [0.15, 0.2) is 144 Å². The Hall–Kier alpha value is -11.5. The summed E-state index contributed by atoms with van der Waals surface area (Å²) in [5, 5.41) is 36.5. The third-order valence-corrected chi connectivity index (χ3v) is 19.8. The molecule has 3 N–H and O–H groups in total. The Bertz CT molecular complexity index is 4530. The van der Waals surface area contributed by atoms with Gasteiger partial charge in [0, 0.05) is 94.2 Å². The molecule has 3 saturated carbocycles. The number of aromatic nitrogens is 21. The minimum atomic E-state index is -4.67. The zero-order valence-electron chi connectivity index (χ0n) is 58.5. The first-order valence-electron chi connectivity index (χ1n) is 35.2. The fourth-order valence-electron chi connectivity index (χ4n) is 13.2. The molecule has 3 amide bonds. The van der Waals surface area contributed by atoms with E-state index in [4.69, 9.17) is 56.3 Å². The van der Waals surface area contributed by atoms with Gasteiger partial charge in [0.2, 0.25) is 17.7 Å². The van der Waals surface area contributed by atoms with Gasteiger partial charge in [0.25, 0.3) is 17.7 Å². The molecule has 3 aliphatic rings. The highest BCUT2D eigenvalue weighted by molar-refractivity contribution is 7.48. The minimum absolute atomic E-state index is 0.0344. The number of nitrogens with one attached hydrogen (secondary N) is 3. The van der Waals surface area contributed by atoms with Crippen LogP contribution in [0.2, 0.25) is 0 Å². The van der Waals surface area contributed by atoms with E-state index in [2.05, 4.69) is 76.1 Å². The summed E-state index contributed by atoms with van der Waals surface area (Å²) in [7, 11) is -4.67. The van der Waals surface area contributed by atoms with Crippen LogP contribution in [-0.2, 0) is 52.5 Å². The van der Waals surface area contributed by atoms with Crippen molar-refractivity contribution in [2.24, 2.45) is 0 Å². The summed E-state index contributed by atoms with van der Waals surface area (Å²) in [5.74, 6) is -1.63. The number of ether oxygens (including phenoxy) is 3. The largest absolute Gasteiger partial charge is 0.480 e. The van der Waals surface area contributed by atoms with Gasteiger partial charge in [-0.05, 0) is 97.8 Å². The summed E-state index contributed by atoms with van der Waals surface area (Å²) in [4.78, 5) is 81.2. The van der Waals surface area contributed by atoms with E-state index in [1.165, 1.54) is 70.0 Å². The summed E-state index contributed by atoms with van der Waals surface area (Å²) in [6.45, 7) is 6.39. The molecule has 0 saturated heterocycles. The molecular formula is C69H75N24O13P. The van der Waals surface area contributed by atoms with Gasteiger partial charge in [0.1, 0.15) is 53.0 Å². The number of phosphoric ester groups is 1. The molecule has 554 valence electrons. The fourth-order valence-corrected chi connectivity index (χ4v) is 14.2. The van der Waals surface area contributed by atoms with E-state index in [0.717, 1.165) is 77.0 Å². The third kappa shape index (κ3) is 16.8. The molecule has 15 rings (SSSR count). The van der Waals surface area contributed by atoms with E-state index in [9.17, 15) is 18.9 Å². The Morgan fingerprint density at radius 1 is 0.421 bits per heavy atom. The van der Waals surface area contributed by atoms with Crippen LogP contribution in [0.3, 0.4) is 0 Å². The summed E-state index contributed by atoms with van der Waals surface area (Å²) >= 11 is 0. The monoisotopic (exact) mass is 1480 g/mol. The van der Waals surface area contributed by atoms with Gasteiger partial charge >= 0.3 is 7.82 Å². The molecule has 38 heteroatoms. The van der Waals surface area contributed by atoms with Crippen LogP contribution in [0.4, 0.5) is 17.1 Å². The van der Waals surface area contributed by atoms with E-state index in [-0.39, 0.29) is 71.2 Å². The lowest BCUT2D eigenvalue weighted by atomic mass is 9.93. The molecular weight excluding hydrogens is 1400 g/mol. The second-order valence-corrected chi connectivity index (χ2v) is 27.2. The van der Waals surface area contributed by atoms with Crippen molar-refractivity contribution in [2.45, 2.75) is 154 Å². The van der Waals surface area contributed by atoms with Gasteiger partial charge in [0.05, 0.1) is 107 Å². The first-order chi connectivity index (χ1) is 52.4. The van der Waals surface area contributed by atoms with Gasteiger partial charge in [-0.15, -0.1) is 0 Å². The van der Waals surface area contributed by atoms with Crippen molar-refractivity contribution < 1.29 is 60.0 Å². The maximum Gasteiger partial charge on any atom is 0.480 e. The van der Waals surface area contributed by atoms with Gasteiger partial charge in [0.15, 0.2) is 37.3 Å². The molecule has 0 aromatic carbocycles. The van der Waals surface area contributed by atoms with Crippen molar-refractivity contribution in [1.82, 2.24) is 104 Å². The number of rotatable bonds is 30. The number of hydrogen-bond acceptors (Lipinski definition) is 28. The molecule has 0 aliphatic heterocycles. The molecule has 12 aromatic rings. The normalized spacial score (nSPS) is 18.8. The fraction of sp³-hybridized carbons (Fsp3) is 0.391. The van der Waals surface area contributed by atoms with Crippen molar-refractivity contribution in [3.8, 4) is 68.5 Å². The molecule has 0 bridgehead atoms. The maximum atomic E-state index is 14.9. The second kappa shape index (κ2) is 32.5. The number of carbonyl (C=O) groups is 3. The molecule has 12 heterocycles. The van der Waals surface area contributed by atoms with E-state index in [1.807, 2.05) is 34.8 Å². The summed E-state index contributed by atoms with van der Waals surface area (Å²) < 4.78 is 77.2. The highest BCUT2D eigenvalue weighted by Gasteiger charge is 2.33. The van der Waals surface area contributed by atoms with Crippen molar-refractivity contribution in [2.75, 3.05) is 35.8 Å².